The molecule has 1 aromatic rings. The minimum Gasteiger partial charge on any atom is -0.550 e. The van der Waals surface area contributed by atoms with Gasteiger partial charge in [0.2, 0.25) is 0 Å². The molecule has 3 aliphatic rings. The van der Waals surface area contributed by atoms with E-state index in [2.05, 4.69) is 25.7 Å². The number of hydrogen-bond acceptors (Lipinski definition) is 6. The Kier molecular flexibility index (Phi) is 9.95. The van der Waals surface area contributed by atoms with Gasteiger partial charge in [0, 0.05) is 12.6 Å². The second-order valence-corrected chi connectivity index (χ2v) is 11.0. The van der Waals surface area contributed by atoms with Crippen molar-refractivity contribution in [2.75, 3.05) is 13.2 Å². The van der Waals surface area contributed by atoms with Gasteiger partial charge in [0.25, 0.3) is 0 Å². The van der Waals surface area contributed by atoms with Crippen LogP contribution in [0.25, 0.3) is 0 Å². The molecule has 0 radical (unpaired) electrons. The molecule has 1 heterocycles. The molecule has 3 saturated carbocycles. The standard InChI is InChI=1S/C25H39NO3.C2H4O2.H3N/c1-17-6-7-22-21(15-26-14-20-5-4-12-29-20)23(9-11-24(17,22)2)25(3)10-8-19(28)13-18(25)16-27;1-2(3)4;/h4-5,12,18-19,21-23,26-28H,1,6-11,13-16H2,2-3H3;1H3,(H,3,4);1H3/t18-,19+,21-,22?,23?,24+,25+;;/m1../s1. The van der Waals surface area contributed by atoms with Crippen LogP contribution >= 0.6 is 0 Å². The molecule has 7 heteroatoms. The number of aliphatic hydroxyl groups is 2. The highest BCUT2D eigenvalue weighted by molar-refractivity contribution is 5.60. The summed E-state index contributed by atoms with van der Waals surface area (Å²) in [5.74, 6) is 1.88. The summed E-state index contributed by atoms with van der Waals surface area (Å²) in [7, 11) is 0. The van der Waals surface area contributed by atoms with E-state index in [1.165, 1.54) is 24.8 Å². The van der Waals surface area contributed by atoms with Crippen LogP contribution in [0.3, 0.4) is 0 Å². The van der Waals surface area contributed by atoms with Crippen molar-refractivity contribution >= 4 is 5.97 Å². The maximum absolute atomic E-state index is 10.2. The van der Waals surface area contributed by atoms with Gasteiger partial charge in [-0.2, -0.15) is 0 Å². The van der Waals surface area contributed by atoms with Crippen molar-refractivity contribution < 1.29 is 24.5 Å². The molecule has 7 nitrogen and oxygen atoms in total. The maximum atomic E-state index is 10.2. The van der Waals surface area contributed by atoms with E-state index in [4.69, 9.17) is 14.3 Å². The third-order valence-electron chi connectivity index (χ3n) is 9.22. The molecule has 0 amide bonds. The van der Waals surface area contributed by atoms with E-state index in [9.17, 15) is 10.2 Å². The molecule has 0 bridgehead atoms. The second kappa shape index (κ2) is 11.8. The number of aliphatic carboxylic acids is 1. The third kappa shape index (κ3) is 5.93. The predicted octanol–water partition coefficient (Wildman–Crippen LogP) is 3.66. The van der Waals surface area contributed by atoms with Gasteiger partial charge in [0.05, 0.1) is 18.9 Å². The number of carboxylic acids is 1. The maximum Gasteiger partial charge on any atom is 0.117 e. The Morgan fingerprint density at radius 2 is 1.97 bits per heavy atom. The molecule has 0 saturated heterocycles. The highest BCUT2D eigenvalue weighted by Crippen LogP contribution is 2.63. The van der Waals surface area contributed by atoms with Crippen molar-refractivity contribution in [3.63, 3.8) is 0 Å². The fraction of sp³-hybridized carbons (Fsp3) is 0.741. The van der Waals surface area contributed by atoms with Crippen molar-refractivity contribution in [2.45, 2.75) is 78.4 Å². The van der Waals surface area contributed by atoms with Gasteiger partial charge in [-0.1, -0.05) is 26.0 Å². The first-order valence-electron chi connectivity index (χ1n) is 12.5. The van der Waals surface area contributed by atoms with Gasteiger partial charge in [-0.3, -0.25) is 0 Å². The molecule has 3 fully saturated rings. The van der Waals surface area contributed by atoms with Crippen molar-refractivity contribution in [1.82, 2.24) is 11.5 Å². The highest BCUT2D eigenvalue weighted by Gasteiger charge is 2.56. The Balaban J connectivity index is 0.000000758. The van der Waals surface area contributed by atoms with E-state index in [1.54, 1.807) is 6.26 Å². The van der Waals surface area contributed by atoms with Gasteiger partial charge >= 0.3 is 0 Å². The molecule has 0 aliphatic heterocycles. The van der Waals surface area contributed by atoms with Crippen LogP contribution in [0, 0.1) is 34.5 Å². The monoisotopic (exact) mass is 478 g/mol. The number of allylic oxidation sites excluding steroid dienone is 1. The Hall–Kier alpha value is -1.67. The lowest BCUT2D eigenvalue weighted by Crippen LogP contribution is -2.53. The van der Waals surface area contributed by atoms with E-state index in [1.807, 2.05) is 12.1 Å². The van der Waals surface area contributed by atoms with Gasteiger partial charge in [-0.05, 0) is 105 Å². The minimum atomic E-state index is -1.08. The summed E-state index contributed by atoms with van der Waals surface area (Å²) < 4.78 is 5.52. The lowest BCUT2D eigenvalue weighted by Gasteiger charge is -2.56. The molecule has 7 N–H and O–H groups in total. The quantitative estimate of drug-likeness (QED) is 0.460. The predicted molar refractivity (Wildman–Crippen MR) is 132 cm³/mol. The second-order valence-electron chi connectivity index (χ2n) is 11.0. The van der Waals surface area contributed by atoms with Crippen LogP contribution in [0.5, 0.6) is 0 Å². The number of carbonyl (C=O) groups is 1. The molecule has 194 valence electrons. The van der Waals surface area contributed by atoms with Gasteiger partial charge in [0.15, 0.2) is 0 Å². The largest absolute Gasteiger partial charge is 0.550 e. The van der Waals surface area contributed by atoms with Crippen molar-refractivity contribution in [2.24, 2.45) is 34.5 Å². The highest BCUT2D eigenvalue weighted by atomic mass is 16.4. The Morgan fingerprint density at radius 3 is 2.59 bits per heavy atom. The van der Waals surface area contributed by atoms with Crippen LogP contribution in [-0.2, 0) is 11.3 Å². The first kappa shape index (κ1) is 28.6. The number of aliphatic hydroxyl groups excluding tert-OH is 2. The van der Waals surface area contributed by atoms with Gasteiger partial charge < -0.3 is 36.0 Å². The summed E-state index contributed by atoms with van der Waals surface area (Å²) in [5, 5.41) is 33.0. The number of carboxylic acid groups (broad SMARTS) is 1. The zero-order valence-electron chi connectivity index (χ0n) is 21.5. The Labute approximate surface area is 204 Å². The fourth-order valence-corrected chi connectivity index (χ4v) is 7.24. The fourth-order valence-electron chi connectivity index (χ4n) is 7.24. The SMILES string of the molecule is C=C1CCC2[C@@H](CNCc3ccco3)C([C@@]3(C)CC[C@H](O)C[C@@H]3CO)CC[C@@]12C.CC(=O)[O-].[NH4+]. The molecule has 7 atom stereocenters. The van der Waals surface area contributed by atoms with Crippen LogP contribution in [0.4, 0.5) is 0 Å². The number of hydrogen-bond donors (Lipinski definition) is 4. The molecule has 3 aliphatic carbocycles. The molecular formula is C27H46N2O5. The first-order valence-corrected chi connectivity index (χ1v) is 12.5. The van der Waals surface area contributed by atoms with E-state index in [0.29, 0.717) is 17.8 Å². The van der Waals surface area contributed by atoms with Gasteiger partial charge in [0.1, 0.15) is 5.76 Å². The number of nitrogens with one attached hydrogen (secondary N) is 1. The topological polar surface area (TPSA) is 142 Å². The molecule has 34 heavy (non-hydrogen) atoms. The zero-order chi connectivity index (χ0) is 24.2. The van der Waals surface area contributed by atoms with E-state index in [0.717, 1.165) is 51.5 Å². The Morgan fingerprint density at radius 1 is 1.26 bits per heavy atom. The Bertz CT molecular complexity index is 793. The van der Waals surface area contributed by atoms with Crippen LogP contribution in [0.2, 0.25) is 0 Å². The van der Waals surface area contributed by atoms with Gasteiger partial charge in [-0.15, -0.1) is 0 Å². The van der Waals surface area contributed by atoms with E-state index in [-0.39, 0.29) is 35.6 Å². The number of fused-ring (bicyclic) bond motifs is 1. The molecule has 1 aromatic heterocycles. The normalized spacial score (nSPS) is 37.2. The molecule has 2 unspecified atom stereocenters. The molecule has 0 aromatic carbocycles. The summed E-state index contributed by atoms with van der Waals surface area (Å²) in [6.45, 7) is 12.2. The number of rotatable bonds is 6. The number of carbonyl (C=O) groups excluding carboxylic acids is 1. The third-order valence-corrected chi connectivity index (χ3v) is 9.22. The van der Waals surface area contributed by atoms with E-state index >= 15 is 0 Å². The van der Waals surface area contributed by atoms with Crippen LogP contribution in [0.1, 0.15) is 71.5 Å². The average molecular weight is 479 g/mol. The van der Waals surface area contributed by atoms with Crippen LogP contribution in [-0.4, -0.2) is 35.4 Å². The van der Waals surface area contributed by atoms with Crippen LogP contribution < -0.4 is 16.6 Å². The average Bonchev–Trinajstić information content (AvgIpc) is 3.38. The minimum absolute atomic E-state index is 0. The first-order chi connectivity index (χ1) is 15.6. The summed E-state index contributed by atoms with van der Waals surface area (Å²) in [5.41, 5.74) is 1.79. The lowest BCUT2D eigenvalue weighted by atomic mass is 9.49. The van der Waals surface area contributed by atoms with Gasteiger partial charge in [-0.25, -0.2) is 0 Å². The summed E-state index contributed by atoms with van der Waals surface area (Å²) in [6, 6.07) is 3.97. The van der Waals surface area contributed by atoms with Crippen molar-refractivity contribution in [3.05, 3.63) is 36.3 Å². The molecular weight excluding hydrogens is 432 g/mol. The number of furan rings is 1. The zero-order valence-corrected chi connectivity index (χ0v) is 21.5. The summed E-state index contributed by atoms with van der Waals surface area (Å²) in [6.07, 6.45) is 8.91. The summed E-state index contributed by atoms with van der Waals surface area (Å²) >= 11 is 0. The summed E-state index contributed by atoms with van der Waals surface area (Å²) in [4.78, 5) is 8.89. The lowest BCUT2D eigenvalue weighted by molar-refractivity contribution is -0.302. The molecule has 4 rings (SSSR count). The smallest absolute Gasteiger partial charge is 0.117 e. The number of quaternary nitrogens is 1. The van der Waals surface area contributed by atoms with E-state index < -0.39 is 5.97 Å². The van der Waals surface area contributed by atoms with Crippen molar-refractivity contribution in [3.8, 4) is 0 Å². The van der Waals surface area contributed by atoms with Crippen molar-refractivity contribution in [1.29, 1.82) is 0 Å². The van der Waals surface area contributed by atoms with Crippen LogP contribution in [0.15, 0.2) is 35.0 Å². The molecule has 0 spiro atoms.